The number of hydrogen-bond donors (Lipinski definition) is 1. The first-order valence-electron chi connectivity index (χ1n) is 5.08. The Bertz CT molecular complexity index is 645. The number of benzene rings is 2. The molecule has 1 N–H and O–H groups in total. The van der Waals surface area contributed by atoms with Gasteiger partial charge in [0.15, 0.2) is 0 Å². The molecule has 0 radical (unpaired) electrons. The first-order valence-corrected chi connectivity index (χ1v) is 5.08. The number of carbonyl (C=O) groups is 1. The summed E-state index contributed by atoms with van der Waals surface area (Å²) in [7, 11) is 0. The van der Waals surface area contributed by atoms with Crippen LogP contribution < -0.4 is 0 Å². The van der Waals surface area contributed by atoms with Crippen molar-refractivity contribution in [2.75, 3.05) is 0 Å². The molecule has 0 atom stereocenters. The van der Waals surface area contributed by atoms with Gasteiger partial charge in [-0.15, -0.1) is 0 Å². The van der Waals surface area contributed by atoms with Crippen LogP contribution in [0, 0.1) is 23.3 Å². The molecule has 0 aromatic heterocycles. The first-order chi connectivity index (χ1) is 8.91. The van der Waals surface area contributed by atoms with Gasteiger partial charge in [0, 0.05) is 17.7 Å². The normalized spacial score (nSPS) is 10.5. The van der Waals surface area contributed by atoms with Gasteiger partial charge in [-0.25, -0.2) is 22.4 Å². The molecule has 19 heavy (non-hydrogen) atoms. The third-order valence-corrected chi connectivity index (χ3v) is 2.50. The van der Waals surface area contributed by atoms with E-state index < -0.39 is 45.9 Å². The molecule has 0 saturated carbocycles. The summed E-state index contributed by atoms with van der Waals surface area (Å²) in [6, 6.07) is 3.81. The molecule has 0 aliphatic rings. The maximum Gasteiger partial charge on any atom is 0.339 e. The number of carboxylic acid groups (broad SMARTS) is 1. The number of aromatic carboxylic acids is 1. The lowest BCUT2D eigenvalue weighted by Gasteiger charge is -2.09. The van der Waals surface area contributed by atoms with Gasteiger partial charge in [-0.1, -0.05) is 12.1 Å². The van der Waals surface area contributed by atoms with Crippen LogP contribution in [0.5, 0.6) is 0 Å². The third kappa shape index (κ3) is 2.29. The smallest absolute Gasteiger partial charge is 0.339 e. The average Bonchev–Trinajstić information content (AvgIpc) is 2.26. The summed E-state index contributed by atoms with van der Waals surface area (Å²) < 4.78 is 53.4. The van der Waals surface area contributed by atoms with Crippen LogP contribution >= 0.6 is 0 Å². The molecule has 2 nitrogen and oxygen atoms in total. The van der Waals surface area contributed by atoms with Gasteiger partial charge in [-0.05, 0) is 6.07 Å². The maximum absolute atomic E-state index is 13.6. The van der Waals surface area contributed by atoms with Crippen LogP contribution in [0.1, 0.15) is 10.4 Å². The van der Waals surface area contributed by atoms with E-state index in [1.54, 1.807) is 0 Å². The summed E-state index contributed by atoms with van der Waals surface area (Å²) in [5, 5.41) is 8.89. The molecule has 0 heterocycles. The molecule has 2 aromatic carbocycles. The molecule has 0 saturated heterocycles. The Morgan fingerprint density at radius 1 is 0.947 bits per heavy atom. The summed E-state index contributed by atoms with van der Waals surface area (Å²) in [4.78, 5) is 10.9. The van der Waals surface area contributed by atoms with Crippen LogP contribution in [0.15, 0.2) is 30.3 Å². The van der Waals surface area contributed by atoms with Gasteiger partial charge in [0.1, 0.15) is 28.8 Å². The van der Waals surface area contributed by atoms with Crippen LogP contribution in [0.2, 0.25) is 0 Å². The quantitative estimate of drug-likeness (QED) is 0.846. The van der Waals surface area contributed by atoms with E-state index in [0.717, 1.165) is 18.2 Å². The number of halogens is 4. The lowest BCUT2D eigenvalue weighted by atomic mass is 9.98. The highest BCUT2D eigenvalue weighted by atomic mass is 19.1. The number of carboxylic acids is 1. The fourth-order valence-corrected chi connectivity index (χ4v) is 1.75. The van der Waals surface area contributed by atoms with Gasteiger partial charge in [-0.2, -0.15) is 0 Å². The summed E-state index contributed by atoms with van der Waals surface area (Å²) in [5.41, 5.74) is -2.13. The Hall–Kier alpha value is -2.37. The molecule has 0 aliphatic carbocycles. The van der Waals surface area contributed by atoms with E-state index in [9.17, 15) is 22.4 Å². The molecule has 0 spiro atoms. The predicted octanol–water partition coefficient (Wildman–Crippen LogP) is 3.61. The lowest BCUT2D eigenvalue weighted by molar-refractivity contribution is 0.0693. The molecule has 0 aliphatic heterocycles. The molecular weight excluding hydrogens is 264 g/mol. The Kier molecular flexibility index (Phi) is 3.25. The minimum Gasteiger partial charge on any atom is -0.478 e. The zero-order valence-electron chi connectivity index (χ0n) is 9.25. The number of hydrogen-bond acceptors (Lipinski definition) is 1. The summed E-state index contributed by atoms with van der Waals surface area (Å²) in [6.45, 7) is 0. The van der Waals surface area contributed by atoms with Crippen molar-refractivity contribution < 1.29 is 27.5 Å². The van der Waals surface area contributed by atoms with Crippen molar-refractivity contribution in [3.8, 4) is 11.1 Å². The zero-order valence-corrected chi connectivity index (χ0v) is 9.25. The predicted molar refractivity (Wildman–Crippen MR) is 58.7 cm³/mol. The van der Waals surface area contributed by atoms with Gasteiger partial charge in [-0.3, -0.25) is 0 Å². The van der Waals surface area contributed by atoms with E-state index in [-0.39, 0.29) is 0 Å². The van der Waals surface area contributed by atoms with Crippen molar-refractivity contribution in [1.82, 2.24) is 0 Å². The van der Waals surface area contributed by atoms with Crippen molar-refractivity contribution in [3.05, 3.63) is 59.2 Å². The van der Waals surface area contributed by atoms with Crippen molar-refractivity contribution in [3.63, 3.8) is 0 Å². The monoisotopic (exact) mass is 270 g/mol. The Morgan fingerprint density at radius 3 is 2.05 bits per heavy atom. The Balaban J connectivity index is 2.80. The minimum absolute atomic E-state index is 0.398. The average molecular weight is 270 g/mol. The van der Waals surface area contributed by atoms with Crippen molar-refractivity contribution >= 4 is 5.97 Å². The fourth-order valence-electron chi connectivity index (χ4n) is 1.75. The van der Waals surface area contributed by atoms with Crippen molar-refractivity contribution in [1.29, 1.82) is 0 Å². The molecule has 0 amide bonds. The van der Waals surface area contributed by atoms with Gasteiger partial charge in [0.25, 0.3) is 0 Å². The largest absolute Gasteiger partial charge is 0.478 e. The van der Waals surface area contributed by atoms with Crippen LogP contribution in [0.25, 0.3) is 11.1 Å². The van der Waals surface area contributed by atoms with E-state index in [1.807, 2.05) is 0 Å². The standard InChI is InChI=1S/C13H6F4O2/c14-6-4-9(16)11(10(17)5-6)7-2-1-3-8(15)12(7)13(18)19/h1-5H,(H,18,19). The van der Waals surface area contributed by atoms with E-state index in [0.29, 0.717) is 12.1 Å². The maximum atomic E-state index is 13.6. The second kappa shape index (κ2) is 4.72. The van der Waals surface area contributed by atoms with Gasteiger partial charge in [0.05, 0.1) is 5.56 Å². The molecule has 0 unspecified atom stereocenters. The van der Waals surface area contributed by atoms with Gasteiger partial charge < -0.3 is 5.11 Å². The minimum atomic E-state index is -1.67. The van der Waals surface area contributed by atoms with E-state index in [4.69, 9.17) is 5.11 Å². The summed E-state index contributed by atoms with van der Waals surface area (Å²) in [5.74, 6) is -6.55. The molecule has 2 rings (SSSR count). The Labute approximate surface area is 104 Å². The molecular formula is C13H6F4O2. The molecule has 0 fully saturated rings. The molecule has 6 heteroatoms. The third-order valence-electron chi connectivity index (χ3n) is 2.50. The highest BCUT2D eigenvalue weighted by molar-refractivity contribution is 5.96. The summed E-state index contributed by atoms with van der Waals surface area (Å²) >= 11 is 0. The first kappa shape index (κ1) is 13.1. The summed E-state index contributed by atoms with van der Waals surface area (Å²) in [6.07, 6.45) is 0. The van der Waals surface area contributed by atoms with Crippen LogP contribution in [-0.2, 0) is 0 Å². The Morgan fingerprint density at radius 2 is 1.53 bits per heavy atom. The van der Waals surface area contributed by atoms with Crippen LogP contribution in [0.3, 0.4) is 0 Å². The topological polar surface area (TPSA) is 37.3 Å². The van der Waals surface area contributed by atoms with Crippen molar-refractivity contribution in [2.45, 2.75) is 0 Å². The number of rotatable bonds is 2. The molecule has 0 bridgehead atoms. The fraction of sp³-hybridized carbons (Fsp3) is 0. The van der Waals surface area contributed by atoms with E-state index >= 15 is 0 Å². The lowest BCUT2D eigenvalue weighted by Crippen LogP contribution is -2.05. The highest BCUT2D eigenvalue weighted by Crippen LogP contribution is 2.31. The highest BCUT2D eigenvalue weighted by Gasteiger charge is 2.22. The zero-order chi connectivity index (χ0) is 14.2. The molecule has 98 valence electrons. The second-order valence-electron chi connectivity index (χ2n) is 3.71. The van der Waals surface area contributed by atoms with Gasteiger partial charge in [0.2, 0.25) is 0 Å². The van der Waals surface area contributed by atoms with Gasteiger partial charge >= 0.3 is 5.97 Å². The van der Waals surface area contributed by atoms with E-state index in [1.165, 1.54) is 0 Å². The SMILES string of the molecule is O=C(O)c1c(F)cccc1-c1c(F)cc(F)cc1F. The second-order valence-corrected chi connectivity index (χ2v) is 3.71. The van der Waals surface area contributed by atoms with Crippen LogP contribution in [0.4, 0.5) is 17.6 Å². The van der Waals surface area contributed by atoms with Crippen LogP contribution in [-0.4, -0.2) is 11.1 Å². The van der Waals surface area contributed by atoms with Crippen molar-refractivity contribution in [2.24, 2.45) is 0 Å². The van der Waals surface area contributed by atoms with E-state index in [2.05, 4.69) is 0 Å². The molecule has 2 aromatic rings.